The fraction of sp³-hybridized carbons (Fsp3) is 0.333. The number of hydrogen-bond acceptors (Lipinski definition) is 8. The van der Waals surface area contributed by atoms with Crippen molar-refractivity contribution in [3.8, 4) is 23.0 Å². The molecule has 31 heavy (non-hydrogen) atoms. The smallest absolute Gasteiger partial charge is 0.236 e. The molecule has 0 aliphatic carbocycles. The molecule has 3 heterocycles. The van der Waals surface area contributed by atoms with Gasteiger partial charge in [0.1, 0.15) is 29.9 Å². The highest BCUT2D eigenvalue weighted by Gasteiger charge is 2.19. The Bertz CT molecular complexity index is 1220. The van der Waals surface area contributed by atoms with Crippen LogP contribution in [0.2, 0.25) is 0 Å². The number of benzene rings is 1. The minimum atomic E-state index is -1.16. The molecule has 0 saturated carbocycles. The van der Waals surface area contributed by atoms with Gasteiger partial charge in [-0.05, 0) is 25.5 Å². The van der Waals surface area contributed by atoms with E-state index in [1.165, 1.54) is 11.3 Å². The molecule has 1 aromatic carbocycles. The van der Waals surface area contributed by atoms with Gasteiger partial charge in [0.25, 0.3) is 0 Å². The lowest BCUT2D eigenvalue weighted by Gasteiger charge is -2.09. The van der Waals surface area contributed by atoms with E-state index in [0.717, 1.165) is 17.7 Å². The Morgan fingerprint density at radius 3 is 2.81 bits per heavy atom. The molecule has 0 aliphatic heterocycles. The summed E-state index contributed by atoms with van der Waals surface area (Å²) in [5, 5.41) is 0. The first-order chi connectivity index (χ1) is 15.1. The summed E-state index contributed by atoms with van der Waals surface area (Å²) in [5.74, 6) is 1.77. The standard InChI is InChI=1S/C21H23N5O3S2/c1-4-10-31(27)21-24-18-17(15-6-5-7-16(11-15)29-9-8-28-3)23-20(25-19(18)30-21)26-12-14(2)22-13-26/h5-7,11-13H,4,8-10H2,1-3H3. The second-order valence-electron chi connectivity index (χ2n) is 6.85. The first-order valence-corrected chi connectivity index (χ1v) is 12.0. The van der Waals surface area contributed by atoms with Crippen molar-refractivity contribution in [3.05, 3.63) is 42.5 Å². The Balaban J connectivity index is 1.83. The molecule has 4 aromatic rings. The monoisotopic (exact) mass is 457 g/mol. The van der Waals surface area contributed by atoms with Gasteiger partial charge in [-0.1, -0.05) is 30.4 Å². The van der Waals surface area contributed by atoms with Crippen LogP contribution < -0.4 is 4.74 Å². The first kappa shape index (κ1) is 21.5. The molecule has 0 N–H and O–H groups in total. The van der Waals surface area contributed by atoms with Crippen LogP contribution in [0.4, 0.5) is 0 Å². The largest absolute Gasteiger partial charge is 0.491 e. The average molecular weight is 458 g/mol. The second kappa shape index (κ2) is 9.63. The number of rotatable bonds is 9. The van der Waals surface area contributed by atoms with E-state index in [0.29, 0.717) is 51.0 Å². The number of hydrogen-bond donors (Lipinski definition) is 0. The van der Waals surface area contributed by atoms with Crippen LogP contribution in [0.5, 0.6) is 5.75 Å². The summed E-state index contributed by atoms with van der Waals surface area (Å²) in [6, 6.07) is 7.67. The SMILES string of the molecule is CCCS(=O)c1nc2c(-c3cccc(OCCOC)c3)nc(-n3cnc(C)c3)nc2s1. The van der Waals surface area contributed by atoms with Gasteiger partial charge in [-0.2, -0.15) is 4.98 Å². The van der Waals surface area contributed by atoms with E-state index in [-0.39, 0.29) is 0 Å². The van der Waals surface area contributed by atoms with Crippen LogP contribution in [0.25, 0.3) is 27.6 Å². The first-order valence-electron chi connectivity index (χ1n) is 9.89. The maximum atomic E-state index is 12.6. The summed E-state index contributed by atoms with van der Waals surface area (Å²) in [5.41, 5.74) is 3.02. The number of aromatic nitrogens is 5. The predicted octanol–water partition coefficient (Wildman–Crippen LogP) is 3.79. The fourth-order valence-corrected chi connectivity index (χ4v) is 5.25. The Hall–Kier alpha value is -2.69. The molecule has 0 radical (unpaired) electrons. The number of fused-ring (bicyclic) bond motifs is 1. The van der Waals surface area contributed by atoms with E-state index in [1.54, 1.807) is 18.0 Å². The minimum Gasteiger partial charge on any atom is -0.491 e. The van der Waals surface area contributed by atoms with Crippen LogP contribution in [0.3, 0.4) is 0 Å². The summed E-state index contributed by atoms with van der Waals surface area (Å²) in [4.78, 5) is 19.1. The Morgan fingerprint density at radius 2 is 2.06 bits per heavy atom. The molecule has 8 nitrogen and oxygen atoms in total. The molecule has 10 heteroatoms. The van der Waals surface area contributed by atoms with E-state index in [9.17, 15) is 4.21 Å². The van der Waals surface area contributed by atoms with Crippen molar-refractivity contribution in [1.29, 1.82) is 0 Å². The van der Waals surface area contributed by atoms with Gasteiger partial charge in [0.15, 0.2) is 9.17 Å². The van der Waals surface area contributed by atoms with Crippen molar-refractivity contribution >= 4 is 32.5 Å². The van der Waals surface area contributed by atoms with Gasteiger partial charge in [-0.25, -0.2) is 15.0 Å². The molecule has 0 spiro atoms. The Labute approximate surface area is 186 Å². The van der Waals surface area contributed by atoms with Crippen LogP contribution >= 0.6 is 11.3 Å². The number of methoxy groups -OCH3 is 1. The van der Waals surface area contributed by atoms with Crippen molar-refractivity contribution in [2.45, 2.75) is 24.6 Å². The van der Waals surface area contributed by atoms with Crippen molar-refractivity contribution in [3.63, 3.8) is 0 Å². The molecule has 0 saturated heterocycles. The molecule has 4 rings (SSSR count). The van der Waals surface area contributed by atoms with Gasteiger partial charge in [-0.15, -0.1) is 0 Å². The van der Waals surface area contributed by atoms with Crippen LogP contribution in [0.1, 0.15) is 19.0 Å². The van der Waals surface area contributed by atoms with Gasteiger partial charge in [-0.3, -0.25) is 8.78 Å². The summed E-state index contributed by atoms with van der Waals surface area (Å²) < 4.78 is 25.8. The van der Waals surface area contributed by atoms with Crippen LogP contribution in [-0.4, -0.2) is 54.8 Å². The summed E-state index contributed by atoms with van der Waals surface area (Å²) in [7, 11) is 0.482. The molecule has 1 unspecified atom stereocenters. The third-order valence-corrected chi connectivity index (χ3v) is 7.23. The van der Waals surface area contributed by atoms with Gasteiger partial charge in [0.2, 0.25) is 5.95 Å². The molecule has 0 amide bonds. The quantitative estimate of drug-likeness (QED) is 0.353. The van der Waals surface area contributed by atoms with Crippen LogP contribution in [-0.2, 0) is 15.5 Å². The Morgan fingerprint density at radius 1 is 1.19 bits per heavy atom. The summed E-state index contributed by atoms with van der Waals surface area (Å²) in [6.45, 7) is 4.88. The van der Waals surface area contributed by atoms with Crippen LogP contribution in [0.15, 0.2) is 41.1 Å². The zero-order valence-electron chi connectivity index (χ0n) is 17.6. The number of nitrogens with zero attached hydrogens (tertiary/aromatic N) is 5. The van der Waals surface area contributed by atoms with E-state index in [2.05, 4.69) is 15.0 Å². The molecule has 0 aliphatic rings. The van der Waals surface area contributed by atoms with E-state index in [1.807, 2.05) is 44.3 Å². The summed E-state index contributed by atoms with van der Waals surface area (Å²) in [6.07, 6.45) is 4.37. The Kier molecular flexibility index (Phi) is 6.69. The minimum absolute atomic E-state index is 0.454. The maximum Gasteiger partial charge on any atom is 0.236 e. The molecular formula is C21H23N5O3S2. The number of ether oxygens (including phenoxy) is 2. The molecule has 162 valence electrons. The highest BCUT2D eigenvalue weighted by Crippen LogP contribution is 2.33. The zero-order chi connectivity index (χ0) is 21.8. The number of aryl methyl sites for hydroxylation is 1. The van der Waals surface area contributed by atoms with Crippen LogP contribution in [0, 0.1) is 6.92 Å². The summed E-state index contributed by atoms with van der Waals surface area (Å²) >= 11 is 1.35. The highest BCUT2D eigenvalue weighted by atomic mass is 32.2. The van der Waals surface area contributed by atoms with Gasteiger partial charge < -0.3 is 9.47 Å². The molecule has 3 aromatic heterocycles. The lowest BCUT2D eigenvalue weighted by molar-refractivity contribution is 0.146. The van der Waals surface area contributed by atoms with Crippen molar-refractivity contribution in [2.24, 2.45) is 0 Å². The molecule has 0 fully saturated rings. The molecule has 1 atom stereocenters. The third-order valence-electron chi connectivity index (χ3n) is 4.42. The lowest BCUT2D eigenvalue weighted by Crippen LogP contribution is -2.04. The average Bonchev–Trinajstić information content (AvgIpc) is 3.40. The number of imidazole rings is 1. The maximum absolute atomic E-state index is 12.6. The van der Waals surface area contributed by atoms with Crippen molar-refractivity contribution < 1.29 is 13.7 Å². The second-order valence-corrected chi connectivity index (χ2v) is 9.57. The zero-order valence-corrected chi connectivity index (χ0v) is 19.2. The fourth-order valence-electron chi connectivity index (χ4n) is 2.99. The predicted molar refractivity (Wildman–Crippen MR) is 121 cm³/mol. The van der Waals surface area contributed by atoms with E-state index >= 15 is 0 Å². The van der Waals surface area contributed by atoms with Gasteiger partial charge in [0, 0.05) is 24.6 Å². The third kappa shape index (κ3) is 4.81. The topological polar surface area (TPSA) is 92.0 Å². The van der Waals surface area contributed by atoms with E-state index in [4.69, 9.17) is 14.5 Å². The van der Waals surface area contributed by atoms with Crippen molar-refractivity contribution in [2.75, 3.05) is 26.1 Å². The normalized spacial score (nSPS) is 12.4. The molecular weight excluding hydrogens is 434 g/mol. The van der Waals surface area contributed by atoms with E-state index < -0.39 is 10.8 Å². The molecule has 0 bridgehead atoms. The van der Waals surface area contributed by atoms with Gasteiger partial charge in [0.05, 0.1) is 23.1 Å². The highest BCUT2D eigenvalue weighted by molar-refractivity contribution is 7.87. The lowest BCUT2D eigenvalue weighted by atomic mass is 10.1. The van der Waals surface area contributed by atoms with Gasteiger partial charge >= 0.3 is 0 Å². The van der Waals surface area contributed by atoms with Crippen molar-refractivity contribution in [1.82, 2.24) is 24.5 Å². The number of thiazole rings is 1.